The van der Waals surface area contributed by atoms with Gasteiger partial charge in [-0.1, -0.05) is 30.3 Å². The maximum Gasteiger partial charge on any atom is 0.293 e. The van der Waals surface area contributed by atoms with Crippen LogP contribution in [0.2, 0.25) is 0 Å². The predicted molar refractivity (Wildman–Crippen MR) is 142 cm³/mol. The van der Waals surface area contributed by atoms with E-state index in [1.165, 1.54) is 25.3 Å². The Labute approximate surface area is 226 Å². The van der Waals surface area contributed by atoms with Crippen LogP contribution in [-0.4, -0.2) is 49.7 Å². The molecule has 1 heterocycles. The van der Waals surface area contributed by atoms with Gasteiger partial charge in [0.15, 0.2) is 4.90 Å². The summed E-state index contributed by atoms with van der Waals surface area (Å²) in [6.07, 6.45) is -0.773. The van der Waals surface area contributed by atoms with Crippen LogP contribution < -0.4 is 19.5 Å². The molecule has 4 rings (SSSR count). The molecule has 1 aliphatic heterocycles. The predicted octanol–water partition coefficient (Wildman–Crippen LogP) is 3.13. The number of methoxy groups -OCH3 is 1. The Balaban J connectivity index is 1.64. The highest BCUT2D eigenvalue weighted by atomic mass is 32.2. The Morgan fingerprint density at radius 2 is 1.85 bits per heavy atom. The average molecular weight is 556 g/mol. The van der Waals surface area contributed by atoms with Crippen LogP contribution in [0, 0.1) is 10.1 Å². The summed E-state index contributed by atoms with van der Waals surface area (Å²) in [4.78, 5) is 23.1. The topological polar surface area (TPSA) is 157 Å². The molecule has 39 heavy (non-hydrogen) atoms. The minimum atomic E-state index is -4.53. The number of aliphatic hydroxyl groups is 1. The molecule has 2 atom stereocenters. The third-order valence-corrected chi connectivity index (χ3v) is 7.97. The first-order valence-electron chi connectivity index (χ1n) is 12.1. The molecular weight excluding hydrogens is 526 g/mol. The van der Waals surface area contributed by atoms with Gasteiger partial charge in [-0.2, -0.15) is 0 Å². The zero-order valence-electron chi connectivity index (χ0n) is 21.6. The number of hydrogen-bond acceptors (Lipinski definition) is 8. The lowest BCUT2D eigenvalue weighted by atomic mass is 9.86. The van der Waals surface area contributed by atoms with Gasteiger partial charge in [0.1, 0.15) is 23.2 Å². The van der Waals surface area contributed by atoms with E-state index in [1.54, 1.807) is 19.9 Å². The molecule has 0 bridgehead atoms. The Morgan fingerprint density at radius 1 is 1.13 bits per heavy atom. The highest BCUT2D eigenvalue weighted by molar-refractivity contribution is 7.89. The van der Waals surface area contributed by atoms with Gasteiger partial charge in [0.2, 0.25) is 10.0 Å². The van der Waals surface area contributed by atoms with Gasteiger partial charge in [0.25, 0.3) is 11.6 Å². The first-order chi connectivity index (χ1) is 18.4. The zero-order valence-corrected chi connectivity index (χ0v) is 22.4. The number of carbonyl (C=O) groups excluding carboxylic acids is 1. The van der Waals surface area contributed by atoms with Crippen molar-refractivity contribution < 1.29 is 32.7 Å². The number of sulfonamides is 1. The molecule has 0 spiro atoms. The second-order valence-corrected chi connectivity index (χ2v) is 11.3. The van der Waals surface area contributed by atoms with Crippen molar-refractivity contribution in [2.24, 2.45) is 0 Å². The number of nitrogens with zero attached hydrogens (tertiary/aromatic N) is 1. The number of carbonyl (C=O) groups is 1. The first-order valence-corrected chi connectivity index (χ1v) is 13.6. The zero-order chi connectivity index (χ0) is 28.4. The van der Waals surface area contributed by atoms with Gasteiger partial charge in [0.05, 0.1) is 24.1 Å². The maximum absolute atomic E-state index is 13.4. The largest absolute Gasteiger partial charge is 0.497 e. The molecule has 0 fully saturated rings. The highest BCUT2D eigenvalue weighted by Crippen LogP contribution is 2.41. The normalized spacial score (nSPS) is 17.9. The number of ether oxygens (including phenoxy) is 2. The summed E-state index contributed by atoms with van der Waals surface area (Å²) in [6, 6.07) is 16.3. The Hall–Kier alpha value is -4.00. The summed E-state index contributed by atoms with van der Waals surface area (Å²) in [5.41, 5.74) is -0.390. The van der Waals surface area contributed by atoms with Crippen molar-refractivity contribution in [3.8, 4) is 11.5 Å². The summed E-state index contributed by atoms with van der Waals surface area (Å²) >= 11 is 0. The van der Waals surface area contributed by atoms with Crippen LogP contribution in [0.4, 0.5) is 5.69 Å². The second-order valence-electron chi connectivity index (χ2n) is 9.58. The van der Waals surface area contributed by atoms with Gasteiger partial charge in [-0.05, 0) is 56.2 Å². The molecule has 0 radical (unpaired) electrons. The summed E-state index contributed by atoms with van der Waals surface area (Å²) in [7, 11) is -3.22. The standard InChI is InChI=1S/C27H29N3O8S/c1-27(2)25(31)24(29-39(35,36)23-12-10-19(37-3)16-21(23)30(33)34)20-15-18(9-11-22(20)38-27)26(32)28-14-13-17-7-5-4-6-8-17/h4-12,15-16,24-25,29,31H,13-14H2,1-3H3,(H,28,32). The third kappa shape index (κ3) is 6.03. The molecule has 1 amide bonds. The number of hydrogen-bond donors (Lipinski definition) is 3. The van der Waals surface area contributed by atoms with Crippen LogP contribution in [0.25, 0.3) is 0 Å². The van der Waals surface area contributed by atoms with E-state index in [0.717, 1.165) is 17.7 Å². The molecular formula is C27H29N3O8S. The Morgan fingerprint density at radius 3 is 2.51 bits per heavy atom. The van der Waals surface area contributed by atoms with Crippen molar-refractivity contribution in [3.63, 3.8) is 0 Å². The van der Waals surface area contributed by atoms with E-state index in [2.05, 4.69) is 10.0 Å². The third-order valence-electron chi connectivity index (χ3n) is 6.48. The van der Waals surface area contributed by atoms with Crippen molar-refractivity contribution >= 4 is 21.6 Å². The second kappa shape index (κ2) is 11.0. The number of benzene rings is 3. The van der Waals surface area contributed by atoms with Gasteiger partial charge in [-0.3, -0.25) is 14.9 Å². The molecule has 12 heteroatoms. The quantitative estimate of drug-likeness (QED) is 0.268. The van der Waals surface area contributed by atoms with Crippen LogP contribution in [0.1, 0.15) is 41.4 Å². The van der Waals surface area contributed by atoms with Crippen LogP contribution in [0.15, 0.2) is 71.6 Å². The van der Waals surface area contributed by atoms with Gasteiger partial charge in [0, 0.05) is 17.7 Å². The molecule has 0 saturated carbocycles. The van der Waals surface area contributed by atoms with Gasteiger partial charge in [-0.25, -0.2) is 13.1 Å². The van der Waals surface area contributed by atoms with Crippen LogP contribution >= 0.6 is 0 Å². The maximum atomic E-state index is 13.4. The highest BCUT2D eigenvalue weighted by Gasteiger charge is 2.45. The fraction of sp³-hybridized carbons (Fsp3) is 0.296. The lowest BCUT2D eigenvalue weighted by Crippen LogP contribution is -2.53. The number of aliphatic hydroxyl groups excluding tert-OH is 1. The van der Waals surface area contributed by atoms with Crippen LogP contribution in [-0.2, 0) is 16.4 Å². The van der Waals surface area contributed by atoms with Crippen molar-refractivity contribution in [1.82, 2.24) is 10.0 Å². The number of amides is 1. The Kier molecular flexibility index (Phi) is 7.91. The lowest BCUT2D eigenvalue weighted by Gasteiger charge is -2.42. The van der Waals surface area contributed by atoms with Crippen molar-refractivity contribution in [3.05, 3.63) is 93.5 Å². The van der Waals surface area contributed by atoms with Crippen molar-refractivity contribution in [1.29, 1.82) is 0 Å². The Bertz CT molecular complexity index is 1490. The van der Waals surface area contributed by atoms with E-state index in [-0.39, 0.29) is 28.5 Å². The van der Waals surface area contributed by atoms with E-state index in [0.29, 0.717) is 13.0 Å². The summed E-state index contributed by atoms with van der Waals surface area (Å²) in [6.45, 7) is 3.55. The van der Waals surface area contributed by atoms with Crippen LogP contribution in [0.5, 0.6) is 11.5 Å². The van der Waals surface area contributed by atoms with Gasteiger partial charge >= 0.3 is 0 Å². The van der Waals surface area contributed by atoms with E-state index in [4.69, 9.17) is 9.47 Å². The average Bonchev–Trinajstić information content (AvgIpc) is 2.91. The molecule has 3 aromatic rings. The number of nitro benzene ring substituents is 1. The van der Waals surface area contributed by atoms with Gasteiger partial charge in [-0.15, -0.1) is 0 Å². The monoisotopic (exact) mass is 555 g/mol. The SMILES string of the molecule is COc1ccc(S(=O)(=O)NC2c3cc(C(=O)NCCc4ccccc4)ccc3OC(C)(C)C2O)c([N+](=O)[O-])c1. The fourth-order valence-corrected chi connectivity index (χ4v) is 5.73. The molecule has 3 N–H and O–H groups in total. The molecule has 206 valence electrons. The smallest absolute Gasteiger partial charge is 0.293 e. The first kappa shape index (κ1) is 28.0. The fourth-order valence-electron chi connectivity index (χ4n) is 4.36. The molecule has 0 saturated heterocycles. The minimum Gasteiger partial charge on any atom is -0.497 e. The van der Waals surface area contributed by atoms with Crippen molar-refractivity contribution in [2.45, 2.75) is 42.9 Å². The van der Waals surface area contributed by atoms with E-state index in [9.17, 15) is 28.4 Å². The van der Waals surface area contributed by atoms with Crippen molar-refractivity contribution in [2.75, 3.05) is 13.7 Å². The molecule has 0 aromatic heterocycles. The summed E-state index contributed by atoms with van der Waals surface area (Å²) in [5.74, 6) is -0.00957. The number of fused-ring (bicyclic) bond motifs is 1. The van der Waals surface area contributed by atoms with E-state index < -0.39 is 43.3 Å². The van der Waals surface area contributed by atoms with E-state index >= 15 is 0 Å². The number of nitro groups is 1. The summed E-state index contributed by atoms with van der Waals surface area (Å²) in [5, 5.41) is 25.6. The molecule has 3 aromatic carbocycles. The van der Waals surface area contributed by atoms with E-state index in [1.807, 2.05) is 30.3 Å². The van der Waals surface area contributed by atoms with Gasteiger partial charge < -0.3 is 19.9 Å². The molecule has 0 aliphatic carbocycles. The van der Waals surface area contributed by atoms with Crippen LogP contribution in [0.3, 0.4) is 0 Å². The summed E-state index contributed by atoms with van der Waals surface area (Å²) < 4.78 is 40.1. The molecule has 11 nitrogen and oxygen atoms in total. The number of rotatable bonds is 9. The molecule has 2 unspecified atom stereocenters. The minimum absolute atomic E-state index is 0.112. The lowest BCUT2D eigenvalue weighted by molar-refractivity contribution is -0.387. The number of nitrogens with one attached hydrogen (secondary N) is 2. The molecule has 1 aliphatic rings.